The van der Waals surface area contributed by atoms with Crippen molar-refractivity contribution in [3.05, 3.63) is 0 Å². The molecular formula is C8H18N2O4S. The Morgan fingerprint density at radius 3 is 2.80 bits per heavy atom. The first-order valence-electron chi connectivity index (χ1n) is 4.82. The van der Waals surface area contributed by atoms with Crippen LogP contribution in [-0.2, 0) is 19.5 Å². The van der Waals surface area contributed by atoms with Crippen LogP contribution in [0.2, 0.25) is 0 Å². The number of rotatable bonds is 6. The van der Waals surface area contributed by atoms with Gasteiger partial charge in [0, 0.05) is 33.2 Å². The summed E-state index contributed by atoms with van der Waals surface area (Å²) in [5.41, 5.74) is -0.307. The van der Waals surface area contributed by atoms with Gasteiger partial charge in [-0.1, -0.05) is 0 Å². The summed E-state index contributed by atoms with van der Waals surface area (Å²) in [5, 5.41) is 7.88. The number of hydrogen-bond acceptors (Lipinski definition) is 5. The highest BCUT2D eigenvalue weighted by Gasteiger charge is 2.34. The Hall–Kier alpha value is -0.210. The quantitative estimate of drug-likeness (QED) is 0.560. The standard InChI is InChI=1S/C8H18N2O4S/c1-13-8(2-4-14-7-8)6-10-3-5-15(9,11)12/h10H,2-7H2,1H3,(H2,9,11,12). The van der Waals surface area contributed by atoms with Crippen LogP contribution in [0.3, 0.4) is 0 Å². The maximum atomic E-state index is 10.7. The van der Waals surface area contributed by atoms with Gasteiger partial charge in [-0.25, -0.2) is 13.6 Å². The number of primary sulfonamides is 1. The third-order valence-corrected chi connectivity index (χ3v) is 3.28. The van der Waals surface area contributed by atoms with Crippen molar-refractivity contribution in [1.29, 1.82) is 0 Å². The summed E-state index contributed by atoms with van der Waals surface area (Å²) >= 11 is 0. The molecule has 1 atom stereocenters. The van der Waals surface area contributed by atoms with E-state index in [1.165, 1.54) is 0 Å². The van der Waals surface area contributed by atoms with E-state index in [1.54, 1.807) is 7.11 Å². The van der Waals surface area contributed by atoms with Crippen molar-refractivity contribution in [1.82, 2.24) is 5.32 Å². The lowest BCUT2D eigenvalue weighted by atomic mass is 10.0. The van der Waals surface area contributed by atoms with Crippen LogP contribution in [0.4, 0.5) is 0 Å². The molecule has 0 bridgehead atoms. The van der Waals surface area contributed by atoms with Crippen molar-refractivity contribution in [3.8, 4) is 0 Å². The Bertz CT molecular complexity index is 285. The van der Waals surface area contributed by atoms with E-state index in [0.29, 0.717) is 26.3 Å². The van der Waals surface area contributed by atoms with Gasteiger partial charge in [-0.05, 0) is 0 Å². The summed E-state index contributed by atoms with van der Waals surface area (Å²) in [6, 6.07) is 0. The van der Waals surface area contributed by atoms with Crippen LogP contribution in [0.5, 0.6) is 0 Å². The summed E-state index contributed by atoms with van der Waals surface area (Å²) in [5.74, 6) is -0.0619. The van der Waals surface area contributed by atoms with Gasteiger partial charge in [0.1, 0.15) is 5.60 Å². The van der Waals surface area contributed by atoms with Gasteiger partial charge in [-0.15, -0.1) is 0 Å². The third kappa shape index (κ3) is 4.43. The zero-order valence-electron chi connectivity index (χ0n) is 8.86. The number of nitrogens with two attached hydrogens (primary N) is 1. The lowest BCUT2D eigenvalue weighted by Crippen LogP contribution is -2.44. The largest absolute Gasteiger partial charge is 0.378 e. The first-order valence-corrected chi connectivity index (χ1v) is 6.53. The minimum atomic E-state index is -3.38. The van der Waals surface area contributed by atoms with Gasteiger partial charge in [-0.2, -0.15) is 0 Å². The average Bonchev–Trinajstić information content (AvgIpc) is 2.60. The molecule has 1 fully saturated rings. The minimum Gasteiger partial charge on any atom is -0.378 e. The summed E-state index contributed by atoms with van der Waals surface area (Å²) in [6.07, 6.45) is 0.825. The second-order valence-corrected chi connectivity index (χ2v) is 5.47. The first kappa shape index (κ1) is 12.9. The summed E-state index contributed by atoms with van der Waals surface area (Å²) in [6.45, 7) is 2.15. The van der Waals surface area contributed by atoms with Crippen LogP contribution in [0, 0.1) is 0 Å². The van der Waals surface area contributed by atoms with Crippen molar-refractivity contribution >= 4 is 10.0 Å². The van der Waals surface area contributed by atoms with Gasteiger partial charge < -0.3 is 14.8 Å². The molecule has 1 saturated heterocycles. The number of hydrogen-bond donors (Lipinski definition) is 2. The lowest BCUT2D eigenvalue weighted by molar-refractivity contribution is -0.0153. The van der Waals surface area contributed by atoms with E-state index in [2.05, 4.69) is 5.32 Å². The van der Waals surface area contributed by atoms with Gasteiger partial charge in [0.05, 0.1) is 12.4 Å². The number of ether oxygens (including phenoxy) is 2. The molecule has 0 spiro atoms. The number of sulfonamides is 1. The predicted molar refractivity (Wildman–Crippen MR) is 56.0 cm³/mol. The van der Waals surface area contributed by atoms with E-state index in [4.69, 9.17) is 14.6 Å². The highest BCUT2D eigenvalue weighted by molar-refractivity contribution is 7.89. The van der Waals surface area contributed by atoms with Crippen molar-refractivity contribution in [2.24, 2.45) is 5.14 Å². The molecule has 6 nitrogen and oxygen atoms in total. The van der Waals surface area contributed by atoms with Gasteiger partial charge in [0.25, 0.3) is 0 Å². The molecule has 1 heterocycles. The molecule has 0 aliphatic carbocycles. The summed E-state index contributed by atoms with van der Waals surface area (Å²) in [7, 11) is -1.75. The second kappa shape index (κ2) is 5.22. The van der Waals surface area contributed by atoms with Crippen LogP contribution >= 0.6 is 0 Å². The fourth-order valence-electron chi connectivity index (χ4n) is 1.49. The van der Waals surface area contributed by atoms with E-state index in [9.17, 15) is 8.42 Å². The smallest absolute Gasteiger partial charge is 0.210 e. The third-order valence-electron chi connectivity index (χ3n) is 2.51. The molecule has 1 aliphatic rings. The summed E-state index contributed by atoms with van der Waals surface area (Å²) < 4.78 is 31.9. The molecule has 3 N–H and O–H groups in total. The van der Waals surface area contributed by atoms with Crippen molar-refractivity contribution in [2.75, 3.05) is 39.2 Å². The monoisotopic (exact) mass is 238 g/mol. The van der Waals surface area contributed by atoms with E-state index in [-0.39, 0.29) is 11.4 Å². The van der Waals surface area contributed by atoms with E-state index in [0.717, 1.165) is 6.42 Å². The zero-order valence-corrected chi connectivity index (χ0v) is 9.68. The van der Waals surface area contributed by atoms with E-state index < -0.39 is 10.0 Å². The Morgan fingerprint density at radius 1 is 1.60 bits per heavy atom. The molecule has 7 heteroatoms. The van der Waals surface area contributed by atoms with Gasteiger partial charge in [0.15, 0.2) is 0 Å². The summed E-state index contributed by atoms with van der Waals surface area (Å²) in [4.78, 5) is 0. The normalized spacial score (nSPS) is 27.1. The molecule has 15 heavy (non-hydrogen) atoms. The van der Waals surface area contributed by atoms with E-state index >= 15 is 0 Å². The molecule has 1 rings (SSSR count). The van der Waals surface area contributed by atoms with Crippen LogP contribution < -0.4 is 10.5 Å². The highest BCUT2D eigenvalue weighted by Crippen LogP contribution is 2.21. The minimum absolute atomic E-state index is 0.0619. The highest BCUT2D eigenvalue weighted by atomic mass is 32.2. The maximum Gasteiger partial charge on any atom is 0.210 e. The molecule has 90 valence electrons. The Balaban J connectivity index is 2.24. The van der Waals surface area contributed by atoms with Crippen LogP contribution in [0.1, 0.15) is 6.42 Å². The maximum absolute atomic E-state index is 10.7. The molecule has 0 aromatic carbocycles. The fourth-order valence-corrected chi connectivity index (χ4v) is 1.92. The Labute approximate surface area is 90.2 Å². The van der Waals surface area contributed by atoms with Gasteiger partial charge in [0.2, 0.25) is 10.0 Å². The molecule has 0 aromatic heterocycles. The molecule has 0 saturated carbocycles. The van der Waals surface area contributed by atoms with Crippen molar-refractivity contribution < 1.29 is 17.9 Å². The molecular weight excluding hydrogens is 220 g/mol. The lowest BCUT2D eigenvalue weighted by Gasteiger charge is -2.25. The van der Waals surface area contributed by atoms with Crippen LogP contribution in [0.15, 0.2) is 0 Å². The second-order valence-electron chi connectivity index (χ2n) is 3.73. The molecule has 0 amide bonds. The van der Waals surface area contributed by atoms with E-state index in [1.807, 2.05) is 0 Å². The average molecular weight is 238 g/mol. The molecule has 0 radical (unpaired) electrons. The molecule has 0 aromatic rings. The SMILES string of the molecule is COC1(CNCCS(N)(=O)=O)CCOC1. The van der Waals surface area contributed by atoms with Crippen LogP contribution in [0.25, 0.3) is 0 Å². The van der Waals surface area contributed by atoms with Crippen LogP contribution in [-0.4, -0.2) is 53.2 Å². The number of methoxy groups -OCH3 is 1. The fraction of sp³-hybridized carbons (Fsp3) is 1.00. The predicted octanol–water partition coefficient (Wildman–Crippen LogP) is -1.33. The van der Waals surface area contributed by atoms with Crippen molar-refractivity contribution in [3.63, 3.8) is 0 Å². The molecule has 1 unspecified atom stereocenters. The Kier molecular flexibility index (Phi) is 4.47. The topological polar surface area (TPSA) is 90.6 Å². The molecule has 1 aliphatic heterocycles. The van der Waals surface area contributed by atoms with Crippen molar-refractivity contribution in [2.45, 2.75) is 12.0 Å². The Morgan fingerprint density at radius 2 is 2.33 bits per heavy atom. The number of nitrogens with one attached hydrogen (secondary N) is 1. The van der Waals surface area contributed by atoms with Gasteiger partial charge in [-0.3, -0.25) is 0 Å². The first-order chi connectivity index (χ1) is 6.97. The van der Waals surface area contributed by atoms with Gasteiger partial charge >= 0.3 is 0 Å². The zero-order chi connectivity index (χ0) is 11.4.